The summed E-state index contributed by atoms with van der Waals surface area (Å²) < 4.78 is 7.02. The zero-order valence-corrected chi connectivity index (χ0v) is 9.90. The van der Waals surface area contributed by atoms with Crippen LogP contribution in [0.3, 0.4) is 0 Å². The summed E-state index contributed by atoms with van der Waals surface area (Å²) in [5.41, 5.74) is 0.540. The quantitative estimate of drug-likeness (QED) is 0.896. The molecule has 0 fully saturated rings. The molecule has 0 spiro atoms. The summed E-state index contributed by atoms with van der Waals surface area (Å²) in [5.74, 6) is 1.33. The summed E-state index contributed by atoms with van der Waals surface area (Å²) in [5, 5.41) is 14.5. The lowest BCUT2D eigenvalue weighted by Gasteiger charge is -2.08. The number of aromatic nitrogens is 2. The number of nitrogens with zero attached hydrogens (tertiary/aromatic N) is 2. The number of aliphatic hydroxyl groups is 1. The third kappa shape index (κ3) is 1.86. The van der Waals surface area contributed by atoms with Gasteiger partial charge in [0.15, 0.2) is 6.10 Å². The molecule has 0 saturated heterocycles. The molecule has 0 radical (unpaired) electrons. The molecule has 2 aromatic heterocycles. The van der Waals surface area contributed by atoms with E-state index in [0.717, 1.165) is 12.2 Å². The lowest BCUT2D eigenvalue weighted by Crippen LogP contribution is -2.06. The maximum Gasteiger partial charge on any atom is 0.155 e. The van der Waals surface area contributed by atoms with Crippen molar-refractivity contribution in [3.05, 3.63) is 40.6 Å². The molecule has 1 N–H and O–H groups in total. The zero-order chi connectivity index (χ0) is 11.7. The van der Waals surface area contributed by atoms with Crippen molar-refractivity contribution in [2.24, 2.45) is 7.05 Å². The molecular weight excluding hydrogens is 228 g/mol. The average molecular weight is 241 g/mol. The van der Waals surface area contributed by atoms with E-state index in [-0.39, 0.29) is 0 Å². The molecule has 0 amide bonds. The fourth-order valence-electron chi connectivity index (χ4n) is 1.59. The maximum atomic E-state index is 10.1. The van der Waals surface area contributed by atoms with E-state index in [2.05, 4.69) is 5.10 Å². The van der Waals surface area contributed by atoms with Crippen LogP contribution in [0.1, 0.15) is 30.2 Å². The van der Waals surface area contributed by atoms with E-state index < -0.39 is 6.10 Å². The van der Waals surface area contributed by atoms with Crippen LogP contribution >= 0.6 is 11.6 Å². The van der Waals surface area contributed by atoms with Gasteiger partial charge in [0.25, 0.3) is 0 Å². The fourth-order valence-corrected chi connectivity index (χ4v) is 1.86. The van der Waals surface area contributed by atoms with Gasteiger partial charge in [-0.2, -0.15) is 5.10 Å². The second-order valence-corrected chi connectivity index (χ2v) is 3.97. The number of furan rings is 1. The number of hydrogen-bond acceptors (Lipinski definition) is 3. The van der Waals surface area contributed by atoms with Gasteiger partial charge in [0.1, 0.15) is 11.5 Å². The minimum atomic E-state index is -0.875. The third-order valence-electron chi connectivity index (χ3n) is 2.50. The van der Waals surface area contributed by atoms with Crippen LogP contribution in [0.25, 0.3) is 0 Å². The van der Waals surface area contributed by atoms with Gasteiger partial charge in [0, 0.05) is 13.5 Å². The Morgan fingerprint density at radius 3 is 2.81 bits per heavy atom. The van der Waals surface area contributed by atoms with Crippen molar-refractivity contribution < 1.29 is 9.52 Å². The Morgan fingerprint density at radius 2 is 2.31 bits per heavy atom. The van der Waals surface area contributed by atoms with E-state index in [1.807, 2.05) is 13.0 Å². The van der Waals surface area contributed by atoms with E-state index in [0.29, 0.717) is 16.5 Å². The number of aliphatic hydroxyl groups excluding tert-OH is 1. The smallest absolute Gasteiger partial charge is 0.155 e. The van der Waals surface area contributed by atoms with Crippen molar-refractivity contribution in [2.75, 3.05) is 0 Å². The monoisotopic (exact) mass is 240 g/mol. The Bertz CT molecular complexity index is 470. The molecule has 1 unspecified atom stereocenters. The van der Waals surface area contributed by atoms with Crippen molar-refractivity contribution in [3.8, 4) is 0 Å². The molecule has 0 saturated carbocycles. The number of halogens is 1. The first-order chi connectivity index (χ1) is 7.63. The highest BCUT2D eigenvalue weighted by Crippen LogP contribution is 2.28. The van der Waals surface area contributed by atoms with Gasteiger partial charge in [0.05, 0.1) is 16.9 Å². The van der Waals surface area contributed by atoms with Gasteiger partial charge >= 0.3 is 0 Å². The molecule has 2 aromatic rings. The van der Waals surface area contributed by atoms with Gasteiger partial charge in [-0.15, -0.1) is 0 Å². The number of aryl methyl sites for hydroxylation is 2. The van der Waals surface area contributed by atoms with E-state index in [1.54, 1.807) is 17.8 Å². The summed E-state index contributed by atoms with van der Waals surface area (Å²) in [6.45, 7) is 1.99. The Hall–Kier alpha value is -1.26. The highest BCUT2D eigenvalue weighted by Gasteiger charge is 2.21. The van der Waals surface area contributed by atoms with Crippen LogP contribution < -0.4 is 0 Å². The van der Waals surface area contributed by atoms with Gasteiger partial charge < -0.3 is 9.52 Å². The molecule has 0 aliphatic carbocycles. The summed E-state index contributed by atoms with van der Waals surface area (Å²) in [6, 6.07) is 3.61. The molecule has 1 atom stereocenters. The van der Waals surface area contributed by atoms with Crippen molar-refractivity contribution in [1.82, 2.24) is 9.78 Å². The minimum Gasteiger partial charge on any atom is -0.463 e. The SMILES string of the molecule is CCc1ccc(C(O)c2c(Cl)cnn2C)o1. The first kappa shape index (κ1) is 11.2. The molecule has 0 bridgehead atoms. The van der Waals surface area contributed by atoms with E-state index in [4.69, 9.17) is 16.0 Å². The topological polar surface area (TPSA) is 51.2 Å². The minimum absolute atomic E-state index is 0.435. The van der Waals surface area contributed by atoms with Crippen molar-refractivity contribution >= 4 is 11.6 Å². The normalized spacial score (nSPS) is 13.0. The molecule has 0 aromatic carbocycles. The summed E-state index contributed by atoms with van der Waals surface area (Å²) in [6.07, 6.45) is 1.43. The van der Waals surface area contributed by atoms with Crippen molar-refractivity contribution in [3.63, 3.8) is 0 Å². The molecule has 16 heavy (non-hydrogen) atoms. The highest BCUT2D eigenvalue weighted by molar-refractivity contribution is 6.31. The van der Waals surface area contributed by atoms with Gasteiger partial charge in [-0.25, -0.2) is 0 Å². The summed E-state index contributed by atoms with van der Waals surface area (Å²) in [4.78, 5) is 0. The standard InChI is InChI=1S/C11H13ClN2O2/c1-3-7-4-5-9(16-7)11(15)10-8(12)6-13-14(10)2/h4-6,11,15H,3H2,1-2H3. The highest BCUT2D eigenvalue weighted by atomic mass is 35.5. The van der Waals surface area contributed by atoms with Crippen LogP contribution in [0.5, 0.6) is 0 Å². The molecule has 5 heteroatoms. The number of rotatable bonds is 3. The van der Waals surface area contributed by atoms with Crippen LogP contribution in [0.15, 0.2) is 22.7 Å². The van der Waals surface area contributed by atoms with E-state index in [1.165, 1.54) is 6.20 Å². The van der Waals surface area contributed by atoms with Crippen molar-refractivity contribution in [1.29, 1.82) is 0 Å². The molecule has 0 aliphatic rings. The Balaban J connectivity index is 2.34. The van der Waals surface area contributed by atoms with Crippen LogP contribution in [0, 0.1) is 0 Å². The van der Waals surface area contributed by atoms with Crippen LogP contribution in [0.4, 0.5) is 0 Å². The van der Waals surface area contributed by atoms with Crippen molar-refractivity contribution in [2.45, 2.75) is 19.4 Å². The van der Waals surface area contributed by atoms with Crippen LogP contribution in [-0.4, -0.2) is 14.9 Å². The van der Waals surface area contributed by atoms with Crippen LogP contribution in [-0.2, 0) is 13.5 Å². The zero-order valence-electron chi connectivity index (χ0n) is 9.14. The van der Waals surface area contributed by atoms with Gasteiger partial charge in [-0.05, 0) is 12.1 Å². The lowest BCUT2D eigenvalue weighted by atomic mass is 10.2. The molecule has 4 nitrogen and oxygen atoms in total. The second kappa shape index (κ2) is 4.31. The lowest BCUT2D eigenvalue weighted by molar-refractivity contribution is 0.178. The first-order valence-electron chi connectivity index (χ1n) is 5.07. The predicted octanol–water partition coefficient (Wildman–Crippen LogP) is 2.31. The molecule has 2 heterocycles. The molecule has 0 aliphatic heterocycles. The van der Waals surface area contributed by atoms with Gasteiger partial charge in [0.2, 0.25) is 0 Å². The fraction of sp³-hybridized carbons (Fsp3) is 0.364. The molecule has 86 valence electrons. The second-order valence-electron chi connectivity index (χ2n) is 3.56. The van der Waals surface area contributed by atoms with Gasteiger partial charge in [-0.3, -0.25) is 4.68 Å². The Labute approximate surface area is 98.4 Å². The van der Waals surface area contributed by atoms with Crippen LogP contribution in [0.2, 0.25) is 5.02 Å². The average Bonchev–Trinajstić information content (AvgIpc) is 2.85. The first-order valence-corrected chi connectivity index (χ1v) is 5.45. The van der Waals surface area contributed by atoms with Gasteiger partial charge in [-0.1, -0.05) is 18.5 Å². The van der Waals surface area contributed by atoms with E-state index >= 15 is 0 Å². The maximum absolute atomic E-state index is 10.1. The Morgan fingerprint density at radius 1 is 1.56 bits per heavy atom. The molecular formula is C11H13ClN2O2. The molecule has 2 rings (SSSR count). The summed E-state index contributed by atoms with van der Waals surface area (Å²) >= 11 is 5.95. The largest absolute Gasteiger partial charge is 0.463 e. The predicted molar refractivity (Wildman–Crippen MR) is 60.4 cm³/mol. The Kier molecular flexibility index (Phi) is 3.03. The summed E-state index contributed by atoms with van der Waals surface area (Å²) in [7, 11) is 1.73. The van der Waals surface area contributed by atoms with E-state index in [9.17, 15) is 5.11 Å². The number of hydrogen-bond donors (Lipinski definition) is 1. The third-order valence-corrected chi connectivity index (χ3v) is 2.79.